The number of carbonyl (C=O) groups is 1. The number of anilines is 1. The monoisotopic (exact) mass is 607 g/mol. The highest BCUT2D eigenvalue weighted by molar-refractivity contribution is 5.95. The van der Waals surface area contributed by atoms with Crippen LogP contribution in [0.2, 0.25) is 0 Å². The first-order valence-electron chi connectivity index (χ1n) is 16.4. The van der Waals surface area contributed by atoms with Crippen LogP contribution in [0.5, 0.6) is 0 Å². The van der Waals surface area contributed by atoms with Gasteiger partial charge in [-0.2, -0.15) is 0 Å². The molecule has 5 aromatic carbocycles. The number of hydrogen-bond donors (Lipinski definition) is 2. The van der Waals surface area contributed by atoms with E-state index in [2.05, 4.69) is 79.7 Å². The standard InChI is InChI=1S/C42H41NO3/c1-27(2)43(31-18-8-5-9-19-31)39(46)26-42(35-21-13-10-14-28(35)3)36-23-22-33-32-20-12-11-17-30(32)24-34(29-15-6-4-7-16-29)40(33)41(36)37(44)25-38(42)45/h4-23,27,34,37-38,44-45H,24-26H2,1-3H3. The first-order valence-corrected chi connectivity index (χ1v) is 16.4. The topological polar surface area (TPSA) is 60.8 Å². The lowest BCUT2D eigenvalue weighted by molar-refractivity contribution is -0.121. The van der Waals surface area contributed by atoms with Gasteiger partial charge >= 0.3 is 0 Å². The largest absolute Gasteiger partial charge is 0.392 e. The Bertz CT molecular complexity index is 1880. The number of para-hydroxylation sites is 1. The number of nitrogens with zero attached hydrogens (tertiary/aromatic N) is 1. The van der Waals surface area contributed by atoms with Gasteiger partial charge < -0.3 is 15.1 Å². The minimum Gasteiger partial charge on any atom is -0.392 e. The van der Waals surface area contributed by atoms with Gasteiger partial charge in [0.25, 0.3) is 0 Å². The molecule has 4 unspecified atom stereocenters. The van der Waals surface area contributed by atoms with Gasteiger partial charge in [-0.25, -0.2) is 0 Å². The summed E-state index contributed by atoms with van der Waals surface area (Å²) in [5.41, 5.74) is 9.28. The molecule has 4 nitrogen and oxygen atoms in total. The van der Waals surface area contributed by atoms with Gasteiger partial charge in [0.05, 0.1) is 17.6 Å². The highest BCUT2D eigenvalue weighted by atomic mass is 16.3. The van der Waals surface area contributed by atoms with Crippen molar-refractivity contribution in [3.8, 4) is 11.1 Å². The van der Waals surface area contributed by atoms with Gasteiger partial charge in [0.2, 0.25) is 5.91 Å². The second kappa shape index (κ2) is 12.0. The number of amides is 1. The molecule has 0 fully saturated rings. The van der Waals surface area contributed by atoms with E-state index in [1.165, 1.54) is 16.7 Å². The summed E-state index contributed by atoms with van der Waals surface area (Å²) in [6.07, 6.45) is -0.837. The highest BCUT2D eigenvalue weighted by Gasteiger charge is 2.52. The minimum absolute atomic E-state index is 0.0210. The van der Waals surface area contributed by atoms with Crippen LogP contribution in [0.15, 0.2) is 121 Å². The fourth-order valence-corrected chi connectivity index (χ4v) is 8.31. The van der Waals surface area contributed by atoms with E-state index >= 15 is 0 Å². The lowest BCUT2D eigenvalue weighted by Gasteiger charge is -2.48. The third-order valence-electron chi connectivity index (χ3n) is 10.3. The second-order valence-corrected chi connectivity index (χ2v) is 13.2. The summed E-state index contributed by atoms with van der Waals surface area (Å²) in [5.74, 6) is -0.0405. The fraction of sp³-hybridized carbons (Fsp3) is 0.262. The van der Waals surface area contributed by atoms with E-state index in [1.54, 1.807) is 0 Å². The van der Waals surface area contributed by atoms with E-state index in [-0.39, 0.29) is 30.7 Å². The average Bonchev–Trinajstić information content (AvgIpc) is 3.07. The number of benzene rings is 5. The maximum Gasteiger partial charge on any atom is 0.228 e. The third-order valence-corrected chi connectivity index (χ3v) is 10.3. The summed E-state index contributed by atoms with van der Waals surface area (Å²) in [5, 5.41) is 24.3. The molecule has 0 aliphatic heterocycles. The van der Waals surface area contributed by atoms with Crippen molar-refractivity contribution in [2.75, 3.05) is 4.90 Å². The van der Waals surface area contributed by atoms with Crippen molar-refractivity contribution in [2.24, 2.45) is 0 Å². The number of aliphatic hydroxyl groups excluding tert-OH is 2. The lowest BCUT2D eigenvalue weighted by Crippen LogP contribution is -2.51. The van der Waals surface area contributed by atoms with Crippen molar-refractivity contribution in [1.29, 1.82) is 0 Å². The zero-order valence-electron chi connectivity index (χ0n) is 26.7. The zero-order valence-corrected chi connectivity index (χ0v) is 26.7. The van der Waals surface area contributed by atoms with Crippen LogP contribution in [-0.4, -0.2) is 28.3 Å². The SMILES string of the molecule is Cc1ccccc1C1(CC(=O)N(c2ccccc2)C(C)C)c2ccc3c(c2C(O)CC1O)C(c1ccccc1)Cc1ccccc1-3. The van der Waals surface area contributed by atoms with Crippen LogP contribution in [0, 0.1) is 6.92 Å². The molecule has 0 saturated heterocycles. The smallest absolute Gasteiger partial charge is 0.228 e. The molecule has 7 rings (SSSR count). The predicted octanol–water partition coefficient (Wildman–Crippen LogP) is 8.27. The van der Waals surface area contributed by atoms with E-state index in [4.69, 9.17) is 0 Å². The minimum atomic E-state index is -1.06. The van der Waals surface area contributed by atoms with Crippen molar-refractivity contribution in [2.45, 2.75) is 69.6 Å². The third kappa shape index (κ3) is 4.88. The first-order chi connectivity index (χ1) is 22.3. The molecule has 4 atom stereocenters. The van der Waals surface area contributed by atoms with Gasteiger partial charge in [-0.15, -0.1) is 0 Å². The van der Waals surface area contributed by atoms with Crippen molar-refractivity contribution in [3.05, 3.63) is 160 Å². The zero-order chi connectivity index (χ0) is 32.0. The maximum absolute atomic E-state index is 14.7. The molecule has 0 spiro atoms. The van der Waals surface area contributed by atoms with Crippen LogP contribution >= 0.6 is 0 Å². The summed E-state index contributed by atoms with van der Waals surface area (Å²) in [6.45, 7) is 6.11. The van der Waals surface area contributed by atoms with Crippen LogP contribution in [0.4, 0.5) is 5.69 Å². The number of aryl methyl sites for hydroxylation is 1. The number of carbonyl (C=O) groups excluding carboxylic acids is 1. The van der Waals surface area contributed by atoms with Crippen molar-refractivity contribution in [3.63, 3.8) is 0 Å². The summed E-state index contributed by atoms with van der Waals surface area (Å²) in [7, 11) is 0. The molecule has 2 aliphatic rings. The molecule has 4 heteroatoms. The van der Waals surface area contributed by atoms with Crippen LogP contribution in [0.1, 0.15) is 77.7 Å². The Morgan fingerprint density at radius 2 is 1.41 bits per heavy atom. The molecule has 2 N–H and O–H groups in total. The normalized spacial score (nSPS) is 21.7. The van der Waals surface area contributed by atoms with Gasteiger partial charge in [0.15, 0.2) is 0 Å². The first kappa shape index (κ1) is 30.2. The predicted molar refractivity (Wildman–Crippen MR) is 185 cm³/mol. The van der Waals surface area contributed by atoms with E-state index < -0.39 is 17.6 Å². The molecule has 1 amide bonds. The molecule has 232 valence electrons. The van der Waals surface area contributed by atoms with Crippen molar-refractivity contribution in [1.82, 2.24) is 0 Å². The molecule has 2 aliphatic carbocycles. The molecule has 46 heavy (non-hydrogen) atoms. The van der Waals surface area contributed by atoms with Gasteiger partial charge in [0.1, 0.15) is 0 Å². The van der Waals surface area contributed by atoms with Gasteiger partial charge in [-0.3, -0.25) is 4.79 Å². The average molecular weight is 608 g/mol. The fourth-order valence-electron chi connectivity index (χ4n) is 8.31. The molecule has 5 aromatic rings. The van der Waals surface area contributed by atoms with Crippen LogP contribution < -0.4 is 4.90 Å². The summed E-state index contributed by atoms with van der Waals surface area (Å²) >= 11 is 0. The lowest BCUT2D eigenvalue weighted by atomic mass is 9.58. The molecule has 0 aromatic heterocycles. The number of fused-ring (bicyclic) bond motifs is 5. The maximum atomic E-state index is 14.7. The quantitative estimate of drug-likeness (QED) is 0.204. The van der Waals surface area contributed by atoms with E-state index in [0.29, 0.717) is 0 Å². The highest BCUT2D eigenvalue weighted by Crippen LogP contribution is 2.55. The Kier molecular flexibility index (Phi) is 7.88. The Labute approximate surface area is 272 Å². The summed E-state index contributed by atoms with van der Waals surface area (Å²) in [4.78, 5) is 16.5. The van der Waals surface area contributed by atoms with Gasteiger partial charge in [-0.1, -0.05) is 109 Å². The van der Waals surface area contributed by atoms with Crippen LogP contribution in [0.25, 0.3) is 11.1 Å². The molecule has 0 bridgehead atoms. The molecule has 0 radical (unpaired) electrons. The molecule has 0 heterocycles. The Morgan fingerprint density at radius 3 is 2.13 bits per heavy atom. The summed E-state index contributed by atoms with van der Waals surface area (Å²) < 4.78 is 0. The number of aliphatic hydroxyl groups is 2. The number of hydrogen-bond acceptors (Lipinski definition) is 3. The molecular formula is C42H41NO3. The van der Waals surface area contributed by atoms with E-state index in [1.807, 2.05) is 67.3 Å². The van der Waals surface area contributed by atoms with Crippen molar-refractivity contribution >= 4 is 11.6 Å². The van der Waals surface area contributed by atoms with E-state index in [9.17, 15) is 15.0 Å². The summed E-state index contributed by atoms with van der Waals surface area (Å²) in [6, 6.07) is 41.1. The Balaban J connectivity index is 1.50. The van der Waals surface area contributed by atoms with Gasteiger partial charge in [-0.05, 0) is 89.4 Å². The van der Waals surface area contributed by atoms with E-state index in [0.717, 1.165) is 45.5 Å². The van der Waals surface area contributed by atoms with Crippen molar-refractivity contribution < 1.29 is 15.0 Å². The second-order valence-electron chi connectivity index (χ2n) is 13.2. The van der Waals surface area contributed by atoms with Crippen LogP contribution in [0.3, 0.4) is 0 Å². The molecule has 0 saturated carbocycles. The Hall–Kier alpha value is -4.51. The Morgan fingerprint density at radius 1 is 0.761 bits per heavy atom. The van der Waals surface area contributed by atoms with Gasteiger partial charge in [0, 0.05) is 30.5 Å². The molecular weight excluding hydrogens is 566 g/mol. The number of rotatable bonds is 6. The van der Waals surface area contributed by atoms with Crippen LogP contribution in [-0.2, 0) is 16.6 Å².